The monoisotopic (exact) mass is 196 g/mol. The van der Waals surface area contributed by atoms with E-state index in [1.165, 1.54) is 12.3 Å². The van der Waals surface area contributed by atoms with Crippen LogP contribution in [0.3, 0.4) is 0 Å². The van der Waals surface area contributed by atoms with Crippen molar-refractivity contribution in [3.8, 4) is 5.75 Å². The molecule has 1 aromatic heterocycles. The van der Waals surface area contributed by atoms with Gasteiger partial charge in [-0.2, -0.15) is 0 Å². The van der Waals surface area contributed by atoms with E-state index in [0.717, 1.165) is 0 Å². The molecule has 0 aliphatic heterocycles. The maximum Gasteiger partial charge on any atom is 0.406 e. The highest BCUT2D eigenvalue weighted by molar-refractivity contribution is 5.38. The highest BCUT2D eigenvalue weighted by Gasteiger charge is 2.21. The standard InChI is InChI=1S/C9H12N2O3/c1-9(2,3)14-7-5-4-6-10-8(7)11(12)13/h4-6H,1-3H3. The minimum absolute atomic E-state index is 0.199. The lowest BCUT2D eigenvalue weighted by Crippen LogP contribution is -2.23. The van der Waals surface area contributed by atoms with Crippen molar-refractivity contribution >= 4 is 5.82 Å². The van der Waals surface area contributed by atoms with Crippen LogP contribution >= 0.6 is 0 Å². The molecule has 0 unspecified atom stereocenters. The van der Waals surface area contributed by atoms with Gasteiger partial charge in [-0.05, 0) is 42.8 Å². The summed E-state index contributed by atoms with van der Waals surface area (Å²) < 4.78 is 5.39. The molecule has 5 heteroatoms. The molecule has 1 aromatic rings. The second-order valence-electron chi connectivity index (χ2n) is 3.80. The number of nitro groups is 1. The summed E-state index contributed by atoms with van der Waals surface area (Å²) in [7, 11) is 0. The smallest absolute Gasteiger partial charge is 0.406 e. The second kappa shape index (κ2) is 3.61. The zero-order valence-electron chi connectivity index (χ0n) is 8.35. The van der Waals surface area contributed by atoms with Crippen LogP contribution in [0, 0.1) is 10.1 Å². The van der Waals surface area contributed by atoms with Crippen molar-refractivity contribution in [1.29, 1.82) is 0 Å². The molecule has 0 amide bonds. The van der Waals surface area contributed by atoms with Gasteiger partial charge >= 0.3 is 5.82 Å². The zero-order chi connectivity index (χ0) is 10.8. The van der Waals surface area contributed by atoms with Crippen LogP contribution in [0.1, 0.15) is 20.8 Å². The number of hydrogen-bond donors (Lipinski definition) is 0. The number of aromatic nitrogens is 1. The van der Waals surface area contributed by atoms with Gasteiger partial charge in [-0.15, -0.1) is 0 Å². The second-order valence-corrected chi connectivity index (χ2v) is 3.80. The first-order valence-corrected chi connectivity index (χ1v) is 4.18. The number of ether oxygens (including phenoxy) is 1. The van der Waals surface area contributed by atoms with E-state index in [2.05, 4.69) is 4.98 Å². The molecule has 0 aliphatic carbocycles. The summed E-state index contributed by atoms with van der Waals surface area (Å²) in [6.45, 7) is 5.47. The predicted molar refractivity (Wildman–Crippen MR) is 51.3 cm³/mol. The van der Waals surface area contributed by atoms with Crippen LogP contribution in [0.2, 0.25) is 0 Å². The molecule has 0 saturated heterocycles. The molecule has 0 aromatic carbocycles. The maximum absolute atomic E-state index is 10.6. The largest absolute Gasteiger partial charge is 0.480 e. The SMILES string of the molecule is CC(C)(C)Oc1cccnc1[N+](=O)[O-]. The van der Waals surface area contributed by atoms with Gasteiger partial charge < -0.3 is 14.9 Å². The Balaban J connectivity index is 3.02. The zero-order valence-corrected chi connectivity index (χ0v) is 8.35. The molecule has 0 aliphatic rings. The van der Waals surface area contributed by atoms with Gasteiger partial charge in [0.2, 0.25) is 5.75 Å². The molecule has 76 valence electrons. The first-order valence-electron chi connectivity index (χ1n) is 4.18. The van der Waals surface area contributed by atoms with Crippen molar-refractivity contribution in [3.05, 3.63) is 28.4 Å². The van der Waals surface area contributed by atoms with Gasteiger partial charge in [-0.1, -0.05) is 0 Å². The van der Waals surface area contributed by atoms with Gasteiger partial charge in [0.15, 0.2) is 0 Å². The van der Waals surface area contributed by atoms with Crippen molar-refractivity contribution in [2.45, 2.75) is 26.4 Å². The predicted octanol–water partition coefficient (Wildman–Crippen LogP) is 2.17. The van der Waals surface area contributed by atoms with E-state index in [9.17, 15) is 10.1 Å². The lowest BCUT2D eigenvalue weighted by molar-refractivity contribution is -0.390. The van der Waals surface area contributed by atoms with E-state index in [1.54, 1.807) is 6.07 Å². The van der Waals surface area contributed by atoms with Crippen LogP contribution in [0.25, 0.3) is 0 Å². The van der Waals surface area contributed by atoms with Gasteiger partial charge in [-0.3, -0.25) is 0 Å². The van der Waals surface area contributed by atoms with Crippen molar-refractivity contribution < 1.29 is 9.66 Å². The Kier molecular flexibility index (Phi) is 2.69. The fraction of sp³-hybridized carbons (Fsp3) is 0.444. The third-order valence-electron chi connectivity index (χ3n) is 1.34. The Morgan fingerprint density at radius 1 is 1.50 bits per heavy atom. The third kappa shape index (κ3) is 2.69. The van der Waals surface area contributed by atoms with Gasteiger partial charge in [0.05, 0.1) is 0 Å². The van der Waals surface area contributed by atoms with Crippen molar-refractivity contribution in [2.24, 2.45) is 0 Å². The van der Waals surface area contributed by atoms with Crippen LogP contribution < -0.4 is 4.74 Å². The van der Waals surface area contributed by atoms with E-state index in [1.807, 2.05) is 20.8 Å². The molecule has 5 nitrogen and oxygen atoms in total. The van der Waals surface area contributed by atoms with Gasteiger partial charge in [0, 0.05) is 0 Å². The molecule has 0 radical (unpaired) electrons. The highest BCUT2D eigenvalue weighted by Crippen LogP contribution is 2.26. The summed E-state index contributed by atoms with van der Waals surface area (Å²) in [4.78, 5) is 13.7. The van der Waals surface area contributed by atoms with Gasteiger partial charge in [0.25, 0.3) is 0 Å². The first-order chi connectivity index (χ1) is 6.40. The van der Waals surface area contributed by atoms with Gasteiger partial charge in [0.1, 0.15) is 11.8 Å². The maximum atomic E-state index is 10.6. The van der Waals surface area contributed by atoms with Crippen LogP contribution in [0.5, 0.6) is 5.75 Å². The topological polar surface area (TPSA) is 65.3 Å². The van der Waals surface area contributed by atoms with E-state index >= 15 is 0 Å². The van der Waals surface area contributed by atoms with Crippen molar-refractivity contribution in [3.63, 3.8) is 0 Å². The normalized spacial score (nSPS) is 11.1. The third-order valence-corrected chi connectivity index (χ3v) is 1.34. The summed E-state index contributed by atoms with van der Waals surface area (Å²) >= 11 is 0. The first kappa shape index (κ1) is 10.4. The lowest BCUT2D eigenvalue weighted by atomic mass is 10.2. The molecule has 0 bridgehead atoms. The van der Waals surface area contributed by atoms with E-state index in [-0.39, 0.29) is 11.6 Å². The lowest BCUT2D eigenvalue weighted by Gasteiger charge is -2.20. The van der Waals surface area contributed by atoms with E-state index in [0.29, 0.717) is 0 Å². The van der Waals surface area contributed by atoms with E-state index in [4.69, 9.17) is 4.74 Å². The Labute approximate surface area is 81.9 Å². The van der Waals surface area contributed by atoms with Gasteiger partial charge in [-0.25, -0.2) is 0 Å². The molecule has 0 N–H and O–H groups in total. The van der Waals surface area contributed by atoms with Crippen LogP contribution in [0.15, 0.2) is 18.3 Å². The Bertz CT molecular complexity index is 344. The average molecular weight is 196 g/mol. The highest BCUT2D eigenvalue weighted by atomic mass is 16.6. The molecular weight excluding hydrogens is 184 g/mol. The van der Waals surface area contributed by atoms with Crippen molar-refractivity contribution in [1.82, 2.24) is 4.98 Å². The Morgan fingerprint density at radius 2 is 2.14 bits per heavy atom. The van der Waals surface area contributed by atoms with Crippen LogP contribution in [-0.2, 0) is 0 Å². The number of pyridine rings is 1. The van der Waals surface area contributed by atoms with Crippen molar-refractivity contribution in [2.75, 3.05) is 0 Å². The summed E-state index contributed by atoms with van der Waals surface area (Å²) in [5.41, 5.74) is -0.464. The molecule has 0 fully saturated rings. The summed E-state index contributed by atoms with van der Waals surface area (Å²) in [6, 6.07) is 3.14. The molecular formula is C9H12N2O3. The molecule has 1 rings (SSSR count). The fourth-order valence-electron chi connectivity index (χ4n) is 0.929. The Hall–Kier alpha value is -1.65. The minimum Gasteiger partial charge on any atom is -0.480 e. The average Bonchev–Trinajstić information content (AvgIpc) is 2.01. The number of nitrogens with zero attached hydrogens (tertiary/aromatic N) is 2. The molecule has 0 spiro atoms. The van der Waals surface area contributed by atoms with Crippen LogP contribution in [0.4, 0.5) is 5.82 Å². The van der Waals surface area contributed by atoms with E-state index < -0.39 is 10.5 Å². The minimum atomic E-state index is -0.554. The summed E-state index contributed by atoms with van der Waals surface area (Å²) in [5, 5.41) is 10.6. The molecule has 0 atom stereocenters. The van der Waals surface area contributed by atoms with Crippen LogP contribution in [-0.4, -0.2) is 15.5 Å². The number of rotatable bonds is 2. The molecule has 1 heterocycles. The summed E-state index contributed by atoms with van der Waals surface area (Å²) in [6.07, 6.45) is 1.37. The summed E-state index contributed by atoms with van der Waals surface area (Å²) in [5.74, 6) is -0.0487. The quantitative estimate of drug-likeness (QED) is 0.537. The fourth-order valence-corrected chi connectivity index (χ4v) is 0.929. The molecule has 14 heavy (non-hydrogen) atoms. The molecule has 0 saturated carbocycles. The Morgan fingerprint density at radius 3 is 2.64 bits per heavy atom. The number of hydrogen-bond acceptors (Lipinski definition) is 4.